The van der Waals surface area contributed by atoms with Crippen LogP contribution >= 0.6 is 0 Å². The maximum absolute atomic E-state index is 12.7. The van der Waals surface area contributed by atoms with Crippen molar-refractivity contribution < 1.29 is 4.79 Å². The topological polar surface area (TPSA) is 88.5 Å². The van der Waals surface area contributed by atoms with Gasteiger partial charge >= 0.3 is 0 Å². The molecule has 0 radical (unpaired) electrons. The molecule has 0 spiro atoms. The molecule has 3 aromatic rings. The Labute approximate surface area is 158 Å². The number of fused-ring (bicyclic) bond motifs is 1. The fraction of sp³-hybridized carbons (Fsp3) is 0.400. The molecule has 2 aromatic heterocycles. The molecular weight excluding hydrogens is 340 g/mol. The van der Waals surface area contributed by atoms with Crippen LogP contribution in [0, 0.1) is 0 Å². The molecule has 0 saturated heterocycles. The Morgan fingerprint density at radius 1 is 1.44 bits per heavy atom. The van der Waals surface area contributed by atoms with Gasteiger partial charge < -0.3 is 9.88 Å². The molecule has 1 aliphatic carbocycles. The highest BCUT2D eigenvalue weighted by atomic mass is 16.1. The minimum absolute atomic E-state index is 0.129. The molecule has 0 aliphatic heterocycles. The number of aryl methyl sites for hydroxylation is 1. The van der Waals surface area contributed by atoms with Gasteiger partial charge in [0, 0.05) is 30.6 Å². The van der Waals surface area contributed by atoms with E-state index >= 15 is 0 Å². The third-order valence-corrected chi connectivity index (χ3v) is 5.43. The number of nitrogens with one attached hydrogen (secondary N) is 2. The predicted molar refractivity (Wildman–Crippen MR) is 103 cm³/mol. The Balaban J connectivity index is 1.49. The van der Waals surface area contributed by atoms with Gasteiger partial charge in [0.15, 0.2) is 0 Å². The van der Waals surface area contributed by atoms with E-state index in [0.29, 0.717) is 11.6 Å². The number of aromatic amines is 1. The first kappa shape index (κ1) is 17.5. The summed E-state index contributed by atoms with van der Waals surface area (Å²) in [5.41, 5.74) is 4.63. The zero-order chi connectivity index (χ0) is 19.0. The van der Waals surface area contributed by atoms with Crippen LogP contribution in [0.3, 0.4) is 0 Å². The summed E-state index contributed by atoms with van der Waals surface area (Å²) < 4.78 is 1.93. The van der Waals surface area contributed by atoms with Crippen LogP contribution in [0.1, 0.15) is 65.2 Å². The SMILES string of the molecule is CC1CCc2c1n[nH]c2C(=O)Nc1cccc([C@H](C)Cc2nncn2C)c1. The lowest BCUT2D eigenvalue weighted by Crippen LogP contribution is -2.14. The quantitative estimate of drug-likeness (QED) is 0.728. The maximum atomic E-state index is 12.7. The molecule has 7 nitrogen and oxygen atoms in total. The molecule has 1 aromatic carbocycles. The molecule has 7 heteroatoms. The van der Waals surface area contributed by atoms with E-state index in [1.807, 2.05) is 29.8 Å². The normalized spacial score (nSPS) is 16.9. The van der Waals surface area contributed by atoms with E-state index in [-0.39, 0.29) is 11.8 Å². The number of amides is 1. The number of nitrogens with zero attached hydrogens (tertiary/aromatic N) is 4. The van der Waals surface area contributed by atoms with E-state index in [1.165, 1.54) is 0 Å². The van der Waals surface area contributed by atoms with Crippen molar-refractivity contribution in [3.63, 3.8) is 0 Å². The molecule has 2 N–H and O–H groups in total. The van der Waals surface area contributed by atoms with Crippen LogP contribution < -0.4 is 5.32 Å². The molecule has 0 fully saturated rings. The molecule has 2 heterocycles. The lowest BCUT2D eigenvalue weighted by Gasteiger charge is -2.13. The number of carbonyl (C=O) groups excluding carboxylic acids is 1. The highest BCUT2D eigenvalue weighted by Gasteiger charge is 2.27. The standard InChI is InChI=1S/C20H24N6O/c1-12-7-8-16-18(12)24-25-19(16)20(27)22-15-6-4-5-14(10-15)13(2)9-17-23-21-11-26(17)3/h4-6,10-13H,7-9H2,1-3H3,(H,22,27)(H,24,25)/t12?,13-/m1/s1. The summed E-state index contributed by atoms with van der Waals surface area (Å²) in [7, 11) is 1.95. The molecule has 4 rings (SSSR count). The fourth-order valence-electron chi connectivity index (χ4n) is 3.73. The van der Waals surface area contributed by atoms with Gasteiger partial charge in [0.25, 0.3) is 5.91 Å². The van der Waals surface area contributed by atoms with E-state index in [2.05, 4.69) is 45.6 Å². The van der Waals surface area contributed by atoms with Crippen molar-refractivity contribution >= 4 is 11.6 Å². The smallest absolute Gasteiger partial charge is 0.273 e. The number of hydrogen-bond acceptors (Lipinski definition) is 4. The summed E-state index contributed by atoms with van der Waals surface area (Å²) in [6.45, 7) is 4.30. The van der Waals surface area contributed by atoms with Gasteiger partial charge in [-0.05, 0) is 36.5 Å². The molecule has 0 bridgehead atoms. The summed E-state index contributed by atoms with van der Waals surface area (Å²) in [4.78, 5) is 12.7. The zero-order valence-electron chi connectivity index (χ0n) is 15.9. The van der Waals surface area contributed by atoms with E-state index in [9.17, 15) is 4.79 Å². The van der Waals surface area contributed by atoms with Gasteiger partial charge in [-0.15, -0.1) is 10.2 Å². The largest absolute Gasteiger partial charge is 0.321 e. The number of hydrogen-bond donors (Lipinski definition) is 2. The number of H-pyrrole nitrogens is 1. The van der Waals surface area contributed by atoms with Crippen LogP contribution in [0.2, 0.25) is 0 Å². The zero-order valence-corrected chi connectivity index (χ0v) is 15.9. The van der Waals surface area contributed by atoms with Gasteiger partial charge in [-0.3, -0.25) is 9.89 Å². The van der Waals surface area contributed by atoms with Gasteiger partial charge in [0.2, 0.25) is 0 Å². The lowest BCUT2D eigenvalue weighted by atomic mass is 9.97. The van der Waals surface area contributed by atoms with Crippen LogP contribution in [0.4, 0.5) is 5.69 Å². The van der Waals surface area contributed by atoms with Crippen LogP contribution in [0.5, 0.6) is 0 Å². The van der Waals surface area contributed by atoms with E-state index in [1.54, 1.807) is 6.33 Å². The highest BCUT2D eigenvalue weighted by molar-refractivity contribution is 6.04. The molecule has 1 unspecified atom stereocenters. The second-order valence-electron chi connectivity index (χ2n) is 7.44. The first-order valence-electron chi connectivity index (χ1n) is 9.34. The highest BCUT2D eigenvalue weighted by Crippen LogP contribution is 2.33. The van der Waals surface area contributed by atoms with E-state index in [4.69, 9.17) is 0 Å². The summed E-state index contributed by atoms with van der Waals surface area (Å²) in [5, 5.41) is 18.4. The Morgan fingerprint density at radius 2 is 2.30 bits per heavy atom. The molecular formula is C20H24N6O. The van der Waals surface area contributed by atoms with Crippen molar-refractivity contribution in [3.05, 3.63) is 58.9 Å². The number of carbonyl (C=O) groups is 1. The second kappa shape index (κ2) is 6.98. The van der Waals surface area contributed by atoms with Crippen LogP contribution in [0.25, 0.3) is 0 Å². The minimum atomic E-state index is -0.129. The average molecular weight is 364 g/mol. The Bertz CT molecular complexity index is 973. The second-order valence-corrected chi connectivity index (χ2v) is 7.44. The van der Waals surface area contributed by atoms with Crippen LogP contribution in [0.15, 0.2) is 30.6 Å². The van der Waals surface area contributed by atoms with Gasteiger partial charge in [0.1, 0.15) is 17.8 Å². The van der Waals surface area contributed by atoms with Crippen LogP contribution in [-0.2, 0) is 19.9 Å². The van der Waals surface area contributed by atoms with Gasteiger partial charge in [0.05, 0.1) is 5.69 Å². The number of anilines is 1. The first-order valence-corrected chi connectivity index (χ1v) is 9.34. The predicted octanol–water partition coefficient (Wildman–Crippen LogP) is 3.19. The van der Waals surface area contributed by atoms with Gasteiger partial charge in [-0.1, -0.05) is 26.0 Å². The van der Waals surface area contributed by atoms with Crippen molar-refractivity contribution in [2.75, 3.05) is 5.32 Å². The Kier molecular flexibility index (Phi) is 4.51. The molecule has 27 heavy (non-hydrogen) atoms. The Hall–Kier alpha value is -2.96. The van der Waals surface area contributed by atoms with Crippen molar-refractivity contribution in [2.45, 2.75) is 44.9 Å². The van der Waals surface area contributed by atoms with E-state index < -0.39 is 0 Å². The third-order valence-electron chi connectivity index (χ3n) is 5.43. The van der Waals surface area contributed by atoms with Crippen molar-refractivity contribution in [3.8, 4) is 0 Å². The molecule has 0 saturated carbocycles. The summed E-state index contributed by atoms with van der Waals surface area (Å²) in [5.74, 6) is 1.50. The summed E-state index contributed by atoms with van der Waals surface area (Å²) in [6.07, 6.45) is 4.47. The summed E-state index contributed by atoms with van der Waals surface area (Å²) in [6, 6.07) is 7.98. The monoisotopic (exact) mass is 364 g/mol. The minimum Gasteiger partial charge on any atom is -0.321 e. The lowest BCUT2D eigenvalue weighted by molar-refractivity contribution is 0.102. The van der Waals surface area contributed by atoms with Crippen molar-refractivity contribution in [1.29, 1.82) is 0 Å². The van der Waals surface area contributed by atoms with Gasteiger partial charge in [-0.2, -0.15) is 5.10 Å². The fourth-order valence-corrected chi connectivity index (χ4v) is 3.73. The molecule has 140 valence electrons. The molecule has 1 amide bonds. The van der Waals surface area contributed by atoms with E-state index in [0.717, 1.165) is 47.6 Å². The maximum Gasteiger partial charge on any atom is 0.273 e. The van der Waals surface area contributed by atoms with Crippen molar-refractivity contribution in [1.82, 2.24) is 25.0 Å². The molecule has 1 aliphatic rings. The average Bonchev–Trinajstić information content (AvgIpc) is 3.34. The number of benzene rings is 1. The molecule has 2 atom stereocenters. The van der Waals surface area contributed by atoms with Crippen molar-refractivity contribution in [2.24, 2.45) is 7.05 Å². The summed E-state index contributed by atoms with van der Waals surface area (Å²) >= 11 is 0. The number of aromatic nitrogens is 5. The van der Waals surface area contributed by atoms with Crippen LogP contribution in [-0.4, -0.2) is 30.9 Å². The Morgan fingerprint density at radius 3 is 3.07 bits per heavy atom. The number of rotatable bonds is 5. The first-order chi connectivity index (χ1) is 13.0. The third kappa shape index (κ3) is 3.37. The van der Waals surface area contributed by atoms with Gasteiger partial charge in [-0.25, -0.2) is 0 Å².